The number of methoxy groups -OCH3 is 2. The van der Waals surface area contributed by atoms with Gasteiger partial charge in [0.2, 0.25) is 5.91 Å². The molecule has 2 N–H and O–H groups in total. The molecule has 4 aliphatic rings. The van der Waals surface area contributed by atoms with Crippen molar-refractivity contribution in [1.29, 1.82) is 0 Å². The van der Waals surface area contributed by atoms with Crippen LogP contribution in [0.3, 0.4) is 0 Å². The molecule has 0 unspecified atom stereocenters. The molecule has 3 aliphatic heterocycles. The summed E-state index contributed by atoms with van der Waals surface area (Å²) >= 11 is 0. The minimum absolute atomic E-state index is 0.0823. The maximum Gasteiger partial charge on any atom is 0.425 e. The van der Waals surface area contributed by atoms with E-state index in [1.54, 1.807) is 0 Å². The Kier molecular flexibility index (Phi) is 12.3. The van der Waals surface area contributed by atoms with Crippen molar-refractivity contribution in [2.75, 3.05) is 20.8 Å². The topological polar surface area (TPSA) is 142 Å². The number of hydrogen-bond donors (Lipinski definition) is 2. The Morgan fingerprint density at radius 1 is 0.764 bits per heavy atom. The van der Waals surface area contributed by atoms with Crippen LogP contribution in [0, 0.1) is 5.92 Å². The van der Waals surface area contributed by atoms with E-state index in [1.165, 1.54) is 19.2 Å². The predicted octanol–water partition coefficient (Wildman–Crippen LogP) is 7.48. The van der Waals surface area contributed by atoms with Crippen LogP contribution in [0.5, 0.6) is 0 Å². The minimum atomic E-state index is -0.674. The Balaban J connectivity index is 1.07. The van der Waals surface area contributed by atoms with E-state index in [2.05, 4.69) is 59.3 Å². The van der Waals surface area contributed by atoms with Crippen molar-refractivity contribution < 1.29 is 28.7 Å². The number of rotatable bonds is 10. The number of aliphatic imine (C=N–C) groups is 2. The number of carbonyl (C=O) groups excluding carboxylic acids is 4. The number of hydrogen-bond acceptors (Lipinski definition) is 8. The predicted molar refractivity (Wildman–Crippen MR) is 214 cm³/mol. The van der Waals surface area contributed by atoms with Crippen LogP contribution in [-0.4, -0.2) is 84.2 Å². The van der Waals surface area contributed by atoms with Crippen molar-refractivity contribution in [2.24, 2.45) is 15.9 Å². The lowest BCUT2D eigenvalue weighted by Crippen LogP contribution is -2.53. The Hall–Kier alpha value is -5.52. The van der Waals surface area contributed by atoms with Gasteiger partial charge in [-0.2, -0.15) is 0 Å². The van der Waals surface area contributed by atoms with Crippen LogP contribution in [0.1, 0.15) is 90.2 Å². The number of nitrogens with zero attached hydrogens (tertiary/aromatic N) is 4. The van der Waals surface area contributed by atoms with Crippen molar-refractivity contribution in [3.05, 3.63) is 83.2 Å². The third-order valence-electron chi connectivity index (χ3n) is 10.9. The summed E-state index contributed by atoms with van der Waals surface area (Å²) in [6.07, 6.45) is 8.91. The average Bonchev–Trinajstić information content (AvgIpc) is 4.00. The third kappa shape index (κ3) is 8.74. The summed E-state index contributed by atoms with van der Waals surface area (Å²) in [6, 6.07) is 16.0. The van der Waals surface area contributed by atoms with Crippen molar-refractivity contribution >= 4 is 46.6 Å². The molecular formula is C43H52N6O6. The molecule has 2 atom stereocenters. The van der Waals surface area contributed by atoms with E-state index in [0.717, 1.165) is 82.5 Å². The Bertz CT molecular complexity index is 1960. The van der Waals surface area contributed by atoms with Gasteiger partial charge in [-0.25, -0.2) is 20.0 Å². The summed E-state index contributed by atoms with van der Waals surface area (Å²) < 4.78 is 9.52. The second-order valence-electron chi connectivity index (χ2n) is 15.1. The van der Waals surface area contributed by atoms with Gasteiger partial charge in [-0.3, -0.25) is 19.6 Å². The molecule has 2 aromatic rings. The van der Waals surface area contributed by atoms with Crippen LogP contribution < -0.4 is 10.7 Å². The van der Waals surface area contributed by atoms with E-state index in [4.69, 9.17) is 19.5 Å². The lowest BCUT2D eigenvalue weighted by Gasteiger charge is -2.31. The van der Waals surface area contributed by atoms with E-state index in [0.29, 0.717) is 31.4 Å². The van der Waals surface area contributed by atoms with Gasteiger partial charge in [0.1, 0.15) is 6.04 Å². The fourth-order valence-electron chi connectivity index (χ4n) is 7.79. The second kappa shape index (κ2) is 17.3. The molecule has 1 saturated heterocycles. The SMILES string of the molecule is COC(=O)N[C@H](C(=O)N1CCC[C@H]1C1=NC=C(c2ccc(-c3ccc(C4=CN=C(C5=C(C(=O)N(NC(=O)OC)C(C)C)CCCC5)C4)cc3)cc2)C1)C(C)C. The smallest absolute Gasteiger partial charge is 0.425 e. The first-order valence-electron chi connectivity index (χ1n) is 19.3. The second-order valence-corrected chi connectivity index (χ2v) is 15.1. The van der Waals surface area contributed by atoms with Crippen LogP contribution in [0.15, 0.2) is 82.1 Å². The summed E-state index contributed by atoms with van der Waals surface area (Å²) in [5.41, 5.74) is 12.7. The molecule has 1 aliphatic carbocycles. The molecule has 6 rings (SSSR count). The summed E-state index contributed by atoms with van der Waals surface area (Å²) in [5, 5.41) is 4.07. The normalized spacial score (nSPS) is 18.8. The number of nitrogens with one attached hydrogen (secondary N) is 2. The highest BCUT2D eigenvalue weighted by molar-refractivity contribution is 6.13. The van der Waals surface area contributed by atoms with Crippen molar-refractivity contribution in [1.82, 2.24) is 20.7 Å². The molecular weight excluding hydrogens is 697 g/mol. The standard InChI is InChI=1S/C43H52N6O6/c1-26(2)39(46-42(52)54-5)41(51)48-21-9-12-38(48)37-23-33(25-45-37)31-19-15-29(16-20-31)28-13-17-30(18-14-28)32-22-36(44-24-32)34-10-7-8-11-35(34)40(50)49(27(3)4)47-43(53)55-6/h13-20,24-27,38-39H,7-12,21-23H2,1-6H3,(H,46,52)(H,47,53)/t38-,39-/m0/s1. The largest absolute Gasteiger partial charge is 0.453 e. The van der Waals surface area contributed by atoms with Crippen LogP contribution in [0.25, 0.3) is 22.3 Å². The van der Waals surface area contributed by atoms with Gasteiger partial charge in [0.05, 0.1) is 20.3 Å². The van der Waals surface area contributed by atoms with E-state index in [-0.39, 0.29) is 29.8 Å². The molecule has 0 aromatic heterocycles. The summed E-state index contributed by atoms with van der Waals surface area (Å²) in [5.74, 6) is -0.391. The van der Waals surface area contributed by atoms with Crippen LogP contribution in [0.2, 0.25) is 0 Å². The highest BCUT2D eigenvalue weighted by Crippen LogP contribution is 2.35. The molecule has 12 heteroatoms. The number of likely N-dealkylation sites (tertiary alicyclic amines) is 1. The van der Waals surface area contributed by atoms with Crippen molar-refractivity contribution in [2.45, 2.75) is 97.2 Å². The number of amides is 4. The van der Waals surface area contributed by atoms with Crippen molar-refractivity contribution in [3.8, 4) is 11.1 Å². The quantitative estimate of drug-likeness (QED) is 0.242. The van der Waals surface area contributed by atoms with Gasteiger partial charge >= 0.3 is 12.2 Å². The number of carbonyl (C=O) groups is 4. The van der Waals surface area contributed by atoms with E-state index >= 15 is 0 Å². The van der Waals surface area contributed by atoms with Gasteiger partial charge in [-0.05, 0) is 97.3 Å². The molecule has 1 fully saturated rings. The average molecular weight is 749 g/mol. The van der Waals surface area contributed by atoms with Gasteiger partial charge in [0.25, 0.3) is 5.91 Å². The highest BCUT2D eigenvalue weighted by Gasteiger charge is 2.38. The van der Waals surface area contributed by atoms with Crippen LogP contribution in [0.4, 0.5) is 9.59 Å². The molecule has 12 nitrogen and oxygen atoms in total. The van der Waals surface area contributed by atoms with Gasteiger partial charge < -0.3 is 19.7 Å². The van der Waals surface area contributed by atoms with Gasteiger partial charge in [0.15, 0.2) is 0 Å². The molecule has 0 radical (unpaired) electrons. The fraction of sp³-hybridized carbons (Fsp3) is 0.442. The number of hydrazine groups is 1. The van der Waals surface area contributed by atoms with E-state index in [9.17, 15) is 19.2 Å². The third-order valence-corrected chi connectivity index (χ3v) is 10.9. The lowest BCUT2D eigenvalue weighted by molar-refractivity contribution is -0.134. The zero-order chi connectivity index (χ0) is 39.2. The maximum absolute atomic E-state index is 13.6. The molecule has 0 saturated carbocycles. The fourth-order valence-corrected chi connectivity index (χ4v) is 7.79. The van der Waals surface area contributed by atoms with Gasteiger partial charge in [0, 0.05) is 54.8 Å². The Labute approximate surface area is 323 Å². The maximum atomic E-state index is 13.6. The number of benzene rings is 2. The van der Waals surface area contributed by atoms with E-state index in [1.807, 2.05) is 45.0 Å². The van der Waals surface area contributed by atoms with Gasteiger partial charge in [-0.15, -0.1) is 0 Å². The van der Waals surface area contributed by atoms with Crippen LogP contribution >= 0.6 is 0 Å². The molecule has 290 valence electrons. The first-order chi connectivity index (χ1) is 26.5. The van der Waals surface area contributed by atoms with Crippen molar-refractivity contribution in [3.63, 3.8) is 0 Å². The number of ether oxygens (including phenoxy) is 2. The molecule has 0 spiro atoms. The molecule has 2 aromatic carbocycles. The van der Waals surface area contributed by atoms with Gasteiger partial charge in [-0.1, -0.05) is 62.4 Å². The molecule has 0 bridgehead atoms. The summed E-state index contributed by atoms with van der Waals surface area (Å²) in [6.45, 7) is 8.18. The summed E-state index contributed by atoms with van der Waals surface area (Å²) in [4.78, 5) is 62.6. The Morgan fingerprint density at radius 2 is 1.35 bits per heavy atom. The summed E-state index contributed by atoms with van der Waals surface area (Å²) in [7, 11) is 2.58. The lowest BCUT2D eigenvalue weighted by atomic mass is 9.86. The molecule has 4 amide bonds. The minimum Gasteiger partial charge on any atom is -0.453 e. The van der Waals surface area contributed by atoms with Crippen LogP contribution in [-0.2, 0) is 19.1 Å². The van der Waals surface area contributed by atoms with E-state index < -0.39 is 18.2 Å². The molecule has 55 heavy (non-hydrogen) atoms. The first-order valence-corrected chi connectivity index (χ1v) is 19.3. The first kappa shape index (κ1) is 39.2. The zero-order valence-electron chi connectivity index (χ0n) is 32.7. The highest BCUT2D eigenvalue weighted by atomic mass is 16.5. The zero-order valence-corrected chi connectivity index (χ0v) is 32.7. The monoisotopic (exact) mass is 748 g/mol. The Morgan fingerprint density at radius 3 is 1.95 bits per heavy atom. The number of allylic oxidation sites excluding steroid dienone is 3. The number of alkyl carbamates (subject to hydrolysis) is 1. The molecule has 3 heterocycles.